The van der Waals surface area contributed by atoms with Crippen molar-refractivity contribution in [3.8, 4) is 0 Å². The highest BCUT2D eigenvalue weighted by atomic mass is 15.1. The number of hydrogen-bond donors (Lipinski definition) is 1. The van der Waals surface area contributed by atoms with Crippen LogP contribution in [0.3, 0.4) is 0 Å². The van der Waals surface area contributed by atoms with E-state index in [2.05, 4.69) is 5.32 Å². The number of piperidine rings is 1. The van der Waals surface area contributed by atoms with Gasteiger partial charge in [-0.2, -0.15) is 0 Å². The van der Waals surface area contributed by atoms with Crippen LogP contribution < -0.4 is 11.1 Å². The van der Waals surface area contributed by atoms with E-state index in [1.165, 1.54) is 6.42 Å². The summed E-state index contributed by atoms with van der Waals surface area (Å²) in [4.78, 5) is 0. The lowest BCUT2D eigenvalue weighted by Gasteiger charge is -1.97. The molecule has 1 radical (unpaired) electrons. The van der Waals surface area contributed by atoms with Crippen LogP contribution in [0.5, 0.6) is 0 Å². The molecule has 2 rings (SSSR count). The molecule has 0 aromatic rings. The molecule has 2 atom stereocenters. The maximum Gasteiger partial charge on any atom is 0.0343 e. The molecule has 0 aromatic carbocycles. The first kappa shape index (κ1) is 3.87. The first-order valence-corrected chi connectivity index (χ1v) is 2.73. The minimum Gasteiger partial charge on any atom is -0.324 e. The van der Waals surface area contributed by atoms with Crippen molar-refractivity contribution >= 4 is 0 Å². The maximum atomic E-state index is 5.76. The third-order valence-electron chi connectivity index (χ3n) is 2.04. The molecule has 39 valence electrons. The zero-order valence-corrected chi connectivity index (χ0v) is 4.22. The molecule has 7 heavy (non-hydrogen) atoms. The Bertz CT molecular complexity index is 100. The smallest absolute Gasteiger partial charge is 0.0343 e. The fourth-order valence-corrected chi connectivity index (χ4v) is 1.27. The normalized spacial score (nSPS) is 57.0. The minimum atomic E-state index is 0.194. The average molecular weight is 97.1 g/mol. The van der Waals surface area contributed by atoms with Crippen LogP contribution in [0.4, 0.5) is 0 Å². The molecule has 2 fully saturated rings. The number of fused-ring (bicyclic) bond motifs is 1. The number of rotatable bonds is 0. The fraction of sp³-hybridized carbons (Fsp3) is 1.00. The Morgan fingerprint density at radius 1 is 1.71 bits per heavy atom. The van der Waals surface area contributed by atoms with Gasteiger partial charge in [-0.25, -0.2) is 5.32 Å². The summed E-state index contributed by atoms with van der Waals surface area (Å²) in [5, 5.41) is 4.16. The lowest BCUT2D eigenvalue weighted by atomic mass is 10.3. The first-order chi connectivity index (χ1) is 3.31. The molecule has 2 N–H and O–H groups in total. The van der Waals surface area contributed by atoms with Crippen molar-refractivity contribution in [3.05, 3.63) is 0 Å². The molecule has 1 heterocycles. The van der Waals surface area contributed by atoms with Gasteiger partial charge in [-0.1, -0.05) is 0 Å². The lowest BCUT2D eigenvalue weighted by molar-refractivity contribution is 0.656. The van der Waals surface area contributed by atoms with E-state index in [0.29, 0.717) is 0 Å². The predicted octanol–water partition coefficient (Wildman–Crippen LogP) is -0.678. The van der Waals surface area contributed by atoms with E-state index < -0.39 is 0 Å². The summed E-state index contributed by atoms with van der Waals surface area (Å²) in [5.41, 5.74) is 5.95. The molecule has 0 aromatic heterocycles. The van der Waals surface area contributed by atoms with Crippen molar-refractivity contribution in [2.24, 2.45) is 11.7 Å². The van der Waals surface area contributed by atoms with Crippen LogP contribution >= 0.6 is 0 Å². The molecule has 0 amide bonds. The van der Waals surface area contributed by atoms with Crippen LogP contribution in [0, 0.1) is 5.92 Å². The third kappa shape index (κ3) is 0.359. The zero-order valence-electron chi connectivity index (χ0n) is 4.22. The molecule has 1 aliphatic carbocycles. The predicted molar refractivity (Wildman–Crippen MR) is 26.9 cm³/mol. The second-order valence-corrected chi connectivity index (χ2v) is 2.70. The van der Waals surface area contributed by atoms with Crippen molar-refractivity contribution in [1.82, 2.24) is 5.32 Å². The van der Waals surface area contributed by atoms with Gasteiger partial charge in [0.15, 0.2) is 0 Å². The monoisotopic (exact) mass is 97.1 g/mol. The molecule has 2 unspecified atom stereocenters. The standard InChI is InChI=1S/C5H9N2/c6-5-1-4(5)2-7-3-5/h4H,1-3,6H2. The van der Waals surface area contributed by atoms with Gasteiger partial charge >= 0.3 is 0 Å². The topological polar surface area (TPSA) is 40.1 Å². The lowest BCUT2D eigenvalue weighted by Crippen LogP contribution is -2.27. The average Bonchev–Trinajstić information content (AvgIpc) is 2.09. The molecule has 2 aliphatic rings. The Kier molecular flexibility index (Phi) is 0.474. The van der Waals surface area contributed by atoms with Crippen molar-refractivity contribution in [1.29, 1.82) is 0 Å². The van der Waals surface area contributed by atoms with E-state index in [9.17, 15) is 0 Å². The van der Waals surface area contributed by atoms with E-state index >= 15 is 0 Å². The van der Waals surface area contributed by atoms with Crippen LogP contribution in [0.2, 0.25) is 0 Å². The summed E-state index contributed by atoms with van der Waals surface area (Å²) >= 11 is 0. The van der Waals surface area contributed by atoms with E-state index in [1.807, 2.05) is 0 Å². The molecule has 0 spiro atoms. The Morgan fingerprint density at radius 2 is 2.57 bits per heavy atom. The Balaban J connectivity index is 2.17. The van der Waals surface area contributed by atoms with Gasteiger partial charge in [-0.3, -0.25) is 0 Å². The van der Waals surface area contributed by atoms with E-state index in [-0.39, 0.29) is 5.54 Å². The largest absolute Gasteiger partial charge is 0.324 e. The third-order valence-corrected chi connectivity index (χ3v) is 2.04. The fourth-order valence-electron chi connectivity index (χ4n) is 1.27. The molecule has 2 nitrogen and oxygen atoms in total. The van der Waals surface area contributed by atoms with Crippen LogP contribution in [0.1, 0.15) is 6.42 Å². The van der Waals surface area contributed by atoms with Gasteiger partial charge in [0.05, 0.1) is 0 Å². The summed E-state index contributed by atoms with van der Waals surface area (Å²) in [7, 11) is 0. The van der Waals surface area contributed by atoms with Gasteiger partial charge in [0.1, 0.15) is 0 Å². The molecule has 1 saturated heterocycles. The van der Waals surface area contributed by atoms with Gasteiger partial charge < -0.3 is 5.73 Å². The first-order valence-electron chi connectivity index (χ1n) is 2.73. The van der Waals surface area contributed by atoms with E-state index in [1.54, 1.807) is 0 Å². The summed E-state index contributed by atoms with van der Waals surface area (Å²) in [6.07, 6.45) is 1.23. The number of nitrogens with zero attached hydrogens (tertiary/aromatic N) is 1. The van der Waals surface area contributed by atoms with Crippen molar-refractivity contribution in [2.45, 2.75) is 12.0 Å². The van der Waals surface area contributed by atoms with Crippen LogP contribution in [-0.2, 0) is 0 Å². The quantitative estimate of drug-likeness (QED) is 0.427. The van der Waals surface area contributed by atoms with Crippen molar-refractivity contribution in [2.75, 3.05) is 13.1 Å². The van der Waals surface area contributed by atoms with Gasteiger partial charge in [0, 0.05) is 18.6 Å². The van der Waals surface area contributed by atoms with Gasteiger partial charge in [0.25, 0.3) is 0 Å². The Morgan fingerprint density at radius 3 is 2.71 bits per heavy atom. The minimum absolute atomic E-state index is 0.194. The number of nitrogens with two attached hydrogens (primary N) is 1. The summed E-state index contributed by atoms with van der Waals surface area (Å²) in [6.45, 7) is 1.97. The van der Waals surface area contributed by atoms with Crippen LogP contribution in [-0.4, -0.2) is 18.6 Å². The number of hydrogen-bond acceptors (Lipinski definition) is 1. The van der Waals surface area contributed by atoms with Gasteiger partial charge in [-0.15, -0.1) is 0 Å². The Hall–Kier alpha value is -0.0800. The highest BCUT2D eigenvalue weighted by Crippen LogP contribution is 2.43. The van der Waals surface area contributed by atoms with Gasteiger partial charge in [0.2, 0.25) is 0 Å². The van der Waals surface area contributed by atoms with Crippen molar-refractivity contribution < 1.29 is 0 Å². The van der Waals surface area contributed by atoms with Crippen molar-refractivity contribution in [3.63, 3.8) is 0 Å². The van der Waals surface area contributed by atoms with Gasteiger partial charge in [-0.05, 0) is 12.3 Å². The Labute approximate surface area is 43.1 Å². The second-order valence-electron chi connectivity index (χ2n) is 2.70. The molecular formula is C5H9N2. The second kappa shape index (κ2) is 0.858. The highest BCUT2D eigenvalue weighted by Gasteiger charge is 2.54. The SMILES string of the molecule is NC12C[N]CC1C2. The zero-order chi connectivity index (χ0) is 4.91. The molecule has 1 saturated carbocycles. The van der Waals surface area contributed by atoms with E-state index in [0.717, 1.165) is 19.0 Å². The summed E-state index contributed by atoms with van der Waals surface area (Å²) in [6, 6.07) is 0. The molecule has 0 bridgehead atoms. The molecular weight excluding hydrogens is 88.1 g/mol. The molecule has 2 heteroatoms. The maximum absolute atomic E-state index is 5.76. The van der Waals surface area contributed by atoms with E-state index in [4.69, 9.17) is 5.73 Å². The summed E-state index contributed by atoms with van der Waals surface area (Å²) < 4.78 is 0. The highest BCUT2D eigenvalue weighted by molar-refractivity contribution is 5.14. The van der Waals surface area contributed by atoms with Crippen LogP contribution in [0.15, 0.2) is 0 Å². The summed E-state index contributed by atoms with van der Waals surface area (Å²) in [5.74, 6) is 0.771. The van der Waals surface area contributed by atoms with Crippen LogP contribution in [0.25, 0.3) is 0 Å². The molecule has 1 aliphatic heterocycles.